The number of nitrogens with one attached hydrogen (secondary N) is 1. The summed E-state index contributed by atoms with van der Waals surface area (Å²) in [6.45, 7) is 1.52. The molecule has 0 aliphatic heterocycles. The molecular formula is C11H8F2N2O2S. The second kappa shape index (κ2) is 4.69. The van der Waals surface area contributed by atoms with E-state index in [1.807, 2.05) is 0 Å². The smallest absolute Gasteiger partial charge is 0.340 e. The van der Waals surface area contributed by atoms with Crippen molar-refractivity contribution in [2.45, 2.75) is 6.92 Å². The molecule has 0 saturated heterocycles. The van der Waals surface area contributed by atoms with Crippen molar-refractivity contribution in [2.24, 2.45) is 0 Å². The summed E-state index contributed by atoms with van der Waals surface area (Å²) in [7, 11) is 0. The number of hydrogen-bond acceptors (Lipinski definition) is 4. The first kappa shape index (κ1) is 12.4. The highest BCUT2D eigenvalue weighted by molar-refractivity contribution is 7.10. The third kappa shape index (κ3) is 2.17. The number of carboxylic acid groups (broad SMARTS) is 1. The summed E-state index contributed by atoms with van der Waals surface area (Å²) in [5, 5.41) is 11.5. The summed E-state index contributed by atoms with van der Waals surface area (Å²) in [6.07, 6.45) is 0. The van der Waals surface area contributed by atoms with Crippen molar-refractivity contribution in [1.29, 1.82) is 0 Å². The van der Waals surface area contributed by atoms with Gasteiger partial charge < -0.3 is 10.4 Å². The van der Waals surface area contributed by atoms with Gasteiger partial charge in [-0.15, -0.1) is 0 Å². The topological polar surface area (TPSA) is 62.2 Å². The molecule has 18 heavy (non-hydrogen) atoms. The largest absolute Gasteiger partial charge is 0.478 e. The van der Waals surface area contributed by atoms with Crippen LogP contribution in [0.15, 0.2) is 18.2 Å². The highest BCUT2D eigenvalue weighted by atomic mass is 32.1. The zero-order valence-electron chi connectivity index (χ0n) is 9.20. The molecule has 0 spiro atoms. The van der Waals surface area contributed by atoms with Crippen LogP contribution in [-0.2, 0) is 0 Å². The van der Waals surface area contributed by atoms with E-state index in [9.17, 15) is 13.6 Å². The van der Waals surface area contributed by atoms with Crippen LogP contribution in [0.3, 0.4) is 0 Å². The van der Waals surface area contributed by atoms with Gasteiger partial charge in [-0.1, -0.05) is 6.07 Å². The average molecular weight is 270 g/mol. The molecule has 1 heterocycles. The quantitative estimate of drug-likeness (QED) is 0.899. The first-order valence-electron chi connectivity index (χ1n) is 4.91. The summed E-state index contributed by atoms with van der Waals surface area (Å²) in [4.78, 5) is 11.0. The second-order valence-electron chi connectivity index (χ2n) is 3.50. The molecule has 94 valence electrons. The van der Waals surface area contributed by atoms with Crippen molar-refractivity contribution >= 4 is 28.2 Å². The lowest BCUT2D eigenvalue weighted by Crippen LogP contribution is -2.03. The van der Waals surface area contributed by atoms with Gasteiger partial charge in [-0.25, -0.2) is 13.6 Å². The fourth-order valence-corrected chi connectivity index (χ4v) is 2.23. The van der Waals surface area contributed by atoms with Crippen molar-refractivity contribution in [2.75, 3.05) is 5.32 Å². The lowest BCUT2D eigenvalue weighted by molar-refractivity contribution is 0.0697. The lowest BCUT2D eigenvalue weighted by atomic mass is 10.2. The molecule has 2 N–H and O–H groups in total. The minimum absolute atomic E-state index is 0.0809. The highest BCUT2D eigenvalue weighted by Crippen LogP contribution is 2.30. The first-order valence-corrected chi connectivity index (χ1v) is 5.68. The predicted molar refractivity (Wildman–Crippen MR) is 63.5 cm³/mol. The normalized spacial score (nSPS) is 10.4. The van der Waals surface area contributed by atoms with Gasteiger partial charge in [-0.2, -0.15) is 4.37 Å². The van der Waals surface area contributed by atoms with Gasteiger partial charge in [0.05, 0.1) is 5.69 Å². The predicted octanol–water partition coefficient (Wildman–Crippen LogP) is 3.17. The van der Waals surface area contributed by atoms with Crippen LogP contribution in [0.25, 0.3) is 0 Å². The van der Waals surface area contributed by atoms with Crippen molar-refractivity contribution in [1.82, 2.24) is 4.37 Å². The number of aromatic carboxylic acids is 1. The number of carboxylic acids is 1. The zero-order chi connectivity index (χ0) is 13.3. The number of para-hydroxylation sites is 1. The van der Waals surface area contributed by atoms with Crippen LogP contribution < -0.4 is 5.32 Å². The Balaban J connectivity index is 2.44. The summed E-state index contributed by atoms with van der Waals surface area (Å²) in [5.74, 6) is -2.78. The molecule has 1 aromatic carbocycles. The number of benzene rings is 1. The van der Waals surface area contributed by atoms with Gasteiger partial charge in [0.1, 0.15) is 27.9 Å². The number of anilines is 2. The van der Waals surface area contributed by atoms with E-state index in [2.05, 4.69) is 9.69 Å². The molecule has 0 amide bonds. The van der Waals surface area contributed by atoms with Gasteiger partial charge in [-0.3, -0.25) is 0 Å². The number of carbonyl (C=O) groups is 1. The maximum absolute atomic E-state index is 13.4. The molecule has 2 rings (SSSR count). The molecule has 0 atom stereocenters. The Hall–Kier alpha value is -2.02. The Morgan fingerprint density at radius 3 is 2.56 bits per heavy atom. The van der Waals surface area contributed by atoms with Gasteiger partial charge in [0.15, 0.2) is 0 Å². The minimum Gasteiger partial charge on any atom is -0.478 e. The summed E-state index contributed by atoms with van der Waals surface area (Å²) in [5.41, 5.74) is -0.168. The molecule has 0 fully saturated rings. The third-order valence-electron chi connectivity index (χ3n) is 2.28. The molecule has 4 nitrogen and oxygen atoms in total. The van der Waals surface area contributed by atoms with Gasteiger partial charge in [0.2, 0.25) is 0 Å². The van der Waals surface area contributed by atoms with Crippen LogP contribution in [-0.4, -0.2) is 15.4 Å². The van der Waals surface area contributed by atoms with Crippen LogP contribution in [0.1, 0.15) is 16.1 Å². The van der Waals surface area contributed by atoms with E-state index in [-0.39, 0.29) is 16.3 Å². The monoisotopic (exact) mass is 270 g/mol. The number of nitrogens with zero attached hydrogens (tertiary/aromatic N) is 1. The Kier molecular flexibility index (Phi) is 3.24. The van der Waals surface area contributed by atoms with Crippen LogP contribution >= 0.6 is 11.5 Å². The second-order valence-corrected chi connectivity index (χ2v) is 4.27. The van der Waals surface area contributed by atoms with Crippen molar-refractivity contribution in [3.63, 3.8) is 0 Å². The van der Waals surface area contributed by atoms with Crippen molar-refractivity contribution in [3.05, 3.63) is 41.1 Å². The molecule has 1 aromatic heterocycles. The van der Waals surface area contributed by atoms with E-state index in [0.29, 0.717) is 5.69 Å². The maximum Gasteiger partial charge on any atom is 0.340 e. The number of hydrogen-bond donors (Lipinski definition) is 2. The van der Waals surface area contributed by atoms with E-state index in [1.165, 1.54) is 13.0 Å². The first-order chi connectivity index (χ1) is 8.50. The van der Waals surface area contributed by atoms with Crippen LogP contribution in [0, 0.1) is 18.6 Å². The molecule has 0 bridgehead atoms. The molecule has 0 radical (unpaired) electrons. The number of rotatable bonds is 3. The maximum atomic E-state index is 13.4. The Morgan fingerprint density at radius 1 is 1.39 bits per heavy atom. The standard InChI is InChI=1S/C11H8F2N2O2S/c1-5-8(11(16)17)10(18-15-5)14-9-6(12)3-2-4-7(9)13/h2-4,14H,1H3,(H,16,17). The number of halogens is 2. The third-order valence-corrected chi connectivity index (χ3v) is 3.13. The van der Waals surface area contributed by atoms with Crippen molar-refractivity contribution < 1.29 is 18.7 Å². The molecule has 0 unspecified atom stereocenters. The highest BCUT2D eigenvalue weighted by Gasteiger charge is 2.19. The van der Waals surface area contributed by atoms with Gasteiger partial charge in [-0.05, 0) is 30.6 Å². The zero-order valence-corrected chi connectivity index (χ0v) is 10.0. The molecule has 0 aliphatic rings. The average Bonchev–Trinajstić information content (AvgIpc) is 2.65. The lowest BCUT2D eigenvalue weighted by Gasteiger charge is -2.07. The molecule has 2 aromatic rings. The summed E-state index contributed by atoms with van der Waals surface area (Å²) in [6, 6.07) is 3.39. The van der Waals surface area contributed by atoms with Crippen LogP contribution in [0.5, 0.6) is 0 Å². The molecule has 7 heteroatoms. The summed E-state index contributed by atoms with van der Waals surface area (Å²) >= 11 is 0.841. The van der Waals surface area contributed by atoms with Crippen LogP contribution in [0.2, 0.25) is 0 Å². The number of aryl methyl sites for hydroxylation is 1. The fourth-order valence-electron chi connectivity index (χ4n) is 1.44. The van der Waals surface area contributed by atoms with Gasteiger partial charge >= 0.3 is 5.97 Å². The van der Waals surface area contributed by atoms with E-state index in [4.69, 9.17) is 5.11 Å². The van der Waals surface area contributed by atoms with E-state index < -0.39 is 17.6 Å². The summed E-state index contributed by atoms with van der Waals surface area (Å²) < 4.78 is 30.7. The van der Waals surface area contributed by atoms with Crippen molar-refractivity contribution in [3.8, 4) is 0 Å². The Morgan fingerprint density at radius 2 is 2.00 bits per heavy atom. The fraction of sp³-hybridized carbons (Fsp3) is 0.0909. The Bertz CT molecular complexity index is 593. The minimum atomic E-state index is -1.19. The van der Waals surface area contributed by atoms with E-state index in [1.54, 1.807) is 0 Å². The van der Waals surface area contributed by atoms with Gasteiger partial charge in [0.25, 0.3) is 0 Å². The van der Waals surface area contributed by atoms with Gasteiger partial charge in [0, 0.05) is 0 Å². The van der Waals surface area contributed by atoms with E-state index >= 15 is 0 Å². The molecule has 0 aliphatic carbocycles. The van der Waals surface area contributed by atoms with Crippen LogP contribution in [0.4, 0.5) is 19.5 Å². The molecular weight excluding hydrogens is 262 g/mol. The molecule has 0 saturated carbocycles. The SMILES string of the molecule is Cc1nsc(Nc2c(F)cccc2F)c1C(=O)O. The van der Waals surface area contributed by atoms with E-state index in [0.717, 1.165) is 23.7 Å². The Labute approximate surface area is 105 Å². The number of aromatic nitrogens is 1.